The van der Waals surface area contributed by atoms with Gasteiger partial charge in [0.05, 0.1) is 18.2 Å². The molecule has 0 heterocycles. The van der Waals surface area contributed by atoms with Crippen LogP contribution < -0.4 is 10.1 Å². The van der Waals surface area contributed by atoms with Crippen LogP contribution in [0.4, 0.5) is 5.69 Å². The van der Waals surface area contributed by atoms with E-state index in [1.54, 1.807) is 19.1 Å². The lowest BCUT2D eigenvalue weighted by Gasteiger charge is -2.25. The number of aryl methyl sites for hydroxylation is 2. The van der Waals surface area contributed by atoms with Gasteiger partial charge in [0.25, 0.3) is 0 Å². The van der Waals surface area contributed by atoms with E-state index >= 15 is 0 Å². The third-order valence-electron chi connectivity index (χ3n) is 7.12. The Morgan fingerprint density at radius 2 is 1.89 bits per heavy atom. The van der Waals surface area contributed by atoms with Crippen molar-refractivity contribution in [3.05, 3.63) is 94.5 Å². The molecule has 3 aromatic carbocycles. The number of fused-ring (bicyclic) bond motifs is 1. The molecule has 0 saturated carbocycles. The van der Waals surface area contributed by atoms with Gasteiger partial charge in [0.1, 0.15) is 12.4 Å². The van der Waals surface area contributed by atoms with Crippen LogP contribution in [0.15, 0.2) is 66.7 Å². The highest BCUT2D eigenvalue weighted by atomic mass is 16.5. The number of esters is 1. The van der Waals surface area contributed by atoms with Crippen LogP contribution in [0.25, 0.3) is 0 Å². The molecule has 0 radical (unpaired) electrons. The Morgan fingerprint density at radius 1 is 1.08 bits per heavy atom. The zero-order valence-corrected chi connectivity index (χ0v) is 22.1. The Balaban J connectivity index is 1.44. The second kappa shape index (κ2) is 12.4. The van der Waals surface area contributed by atoms with Gasteiger partial charge >= 0.3 is 5.97 Å². The molecule has 4 rings (SSSR count). The summed E-state index contributed by atoms with van der Waals surface area (Å²) in [6.45, 7) is 4.77. The first kappa shape index (κ1) is 26.9. The van der Waals surface area contributed by atoms with E-state index in [1.807, 2.05) is 42.5 Å². The molecule has 38 heavy (non-hydrogen) atoms. The van der Waals surface area contributed by atoms with Gasteiger partial charge < -0.3 is 14.8 Å². The van der Waals surface area contributed by atoms with Gasteiger partial charge in [0.15, 0.2) is 0 Å². The fourth-order valence-electron chi connectivity index (χ4n) is 5.08. The van der Waals surface area contributed by atoms with Crippen molar-refractivity contribution in [1.82, 2.24) is 0 Å². The second-order valence-corrected chi connectivity index (χ2v) is 10.0. The summed E-state index contributed by atoms with van der Waals surface area (Å²) in [6, 6.07) is 23.7. The van der Waals surface area contributed by atoms with Crippen LogP contribution in [-0.4, -0.2) is 18.5 Å². The number of carbonyl (C=O) groups excluding carboxylic acids is 2. The molecule has 6 heteroatoms. The fourth-order valence-corrected chi connectivity index (χ4v) is 5.08. The van der Waals surface area contributed by atoms with Crippen LogP contribution in [0.2, 0.25) is 0 Å². The number of amides is 1. The number of nitrogens with one attached hydrogen (secondary N) is 1. The largest absolute Gasteiger partial charge is 0.489 e. The maximum atomic E-state index is 13.3. The number of ether oxygens (including phenoxy) is 2. The SMILES string of the molecule is CCOC(=O)CCCc1ccc(C#N)cc1NC(=O)C[C@@]1(C)CCc2ccc(OCc3ccccc3)cc21. The van der Waals surface area contributed by atoms with Gasteiger partial charge in [-0.25, -0.2) is 0 Å². The number of hydrogen-bond donors (Lipinski definition) is 1. The van der Waals surface area contributed by atoms with Crippen molar-refractivity contribution >= 4 is 17.6 Å². The van der Waals surface area contributed by atoms with E-state index in [0.717, 1.165) is 35.3 Å². The topological polar surface area (TPSA) is 88.4 Å². The van der Waals surface area contributed by atoms with Gasteiger partial charge in [-0.2, -0.15) is 5.26 Å². The van der Waals surface area contributed by atoms with Crippen molar-refractivity contribution in [1.29, 1.82) is 5.26 Å². The first-order chi connectivity index (χ1) is 18.4. The maximum Gasteiger partial charge on any atom is 0.305 e. The summed E-state index contributed by atoms with van der Waals surface area (Å²) in [7, 11) is 0. The number of nitriles is 1. The summed E-state index contributed by atoms with van der Waals surface area (Å²) in [5.74, 6) is 0.469. The zero-order chi connectivity index (χ0) is 27.0. The third-order valence-corrected chi connectivity index (χ3v) is 7.12. The van der Waals surface area contributed by atoms with Gasteiger partial charge in [0.2, 0.25) is 5.91 Å². The summed E-state index contributed by atoms with van der Waals surface area (Å²) < 4.78 is 11.1. The monoisotopic (exact) mass is 510 g/mol. The van der Waals surface area contributed by atoms with E-state index in [-0.39, 0.29) is 17.3 Å². The van der Waals surface area contributed by atoms with Crippen LogP contribution in [0.1, 0.15) is 67.3 Å². The molecule has 0 fully saturated rings. The third kappa shape index (κ3) is 6.80. The average Bonchev–Trinajstić information content (AvgIpc) is 3.24. The minimum absolute atomic E-state index is 0.0994. The lowest BCUT2D eigenvalue weighted by Crippen LogP contribution is -2.27. The van der Waals surface area contributed by atoms with Gasteiger partial charge in [-0.05, 0) is 79.1 Å². The van der Waals surface area contributed by atoms with E-state index in [4.69, 9.17) is 9.47 Å². The van der Waals surface area contributed by atoms with Crippen molar-refractivity contribution in [2.75, 3.05) is 11.9 Å². The highest BCUT2D eigenvalue weighted by Gasteiger charge is 2.36. The summed E-state index contributed by atoms with van der Waals surface area (Å²) >= 11 is 0. The van der Waals surface area contributed by atoms with E-state index < -0.39 is 0 Å². The zero-order valence-electron chi connectivity index (χ0n) is 22.1. The van der Waals surface area contributed by atoms with Crippen molar-refractivity contribution < 1.29 is 19.1 Å². The van der Waals surface area contributed by atoms with E-state index in [1.165, 1.54) is 5.56 Å². The van der Waals surface area contributed by atoms with Gasteiger partial charge in [-0.3, -0.25) is 9.59 Å². The molecule has 196 valence electrons. The van der Waals surface area contributed by atoms with E-state index in [2.05, 4.69) is 30.4 Å². The number of rotatable bonds is 11. The quantitative estimate of drug-likeness (QED) is 0.308. The molecule has 1 aliphatic rings. The molecule has 1 N–H and O–H groups in total. The number of carbonyl (C=O) groups is 2. The molecule has 0 bridgehead atoms. The summed E-state index contributed by atoms with van der Waals surface area (Å²) in [6.07, 6.45) is 3.63. The number of nitrogens with zero attached hydrogens (tertiary/aromatic N) is 1. The van der Waals surface area contributed by atoms with Gasteiger partial charge in [-0.15, -0.1) is 0 Å². The molecule has 0 spiro atoms. The summed E-state index contributed by atoms with van der Waals surface area (Å²) in [5, 5.41) is 12.4. The van der Waals surface area contributed by atoms with Crippen molar-refractivity contribution in [2.45, 2.75) is 64.4 Å². The first-order valence-corrected chi connectivity index (χ1v) is 13.2. The minimum Gasteiger partial charge on any atom is -0.489 e. The smallest absolute Gasteiger partial charge is 0.305 e. The lowest BCUT2D eigenvalue weighted by molar-refractivity contribution is -0.143. The summed E-state index contributed by atoms with van der Waals surface area (Å²) in [5.41, 5.74) is 5.19. The minimum atomic E-state index is -0.317. The predicted molar refractivity (Wildman–Crippen MR) is 147 cm³/mol. The van der Waals surface area contributed by atoms with Crippen molar-refractivity contribution in [3.63, 3.8) is 0 Å². The number of hydrogen-bond acceptors (Lipinski definition) is 5. The Labute approximate surface area is 224 Å². The highest BCUT2D eigenvalue weighted by molar-refractivity contribution is 5.92. The van der Waals surface area contributed by atoms with E-state index in [9.17, 15) is 14.9 Å². The Morgan fingerprint density at radius 3 is 2.66 bits per heavy atom. The lowest BCUT2D eigenvalue weighted by atomic mass is 9.80. The second-order valence-electron chi connectivity index (χ2n) is 10.0. The van der Waals surface area contributed by atoms with Crippen LogP contribution in [-0.2, 0) is 39.2 Å². The summed E-state index contributed by atoms with van der Waals surface area (Å²) in [4.78, 5) is 25.0. The molecule has 0 aliphatic heterocycles. The predicted octanol–water partition coefficient (Wildman–Crippen LogP) is 6.26. The first-order valence-electron chi connectivity index (χ1n) is 13.2. The van der Waals surface area contributed by atoms with Gasteiger partial charge in [-0.1, -0.05) is 49.4 Å². The van der Waals surface area contributed by atoms with Crippen LogP contribution >= 0.6 is 0 Å². The van der Waals surface area contributed by atoms with Crippen LogP contribution in [0, 0.1) is 11.3 Å². The molecule has 0 saturated heterocycles. The molecule has 1 atom stereocenters. The number of anilines is 1. The number of benzene rings is 3. The van der Waals surface area contributed by atoms with Crippen molar-refractivity contribution in [3.8, 4) is 11.8 Å². The van der Waals surface area contributed by atoms with Crippen molar-refractivity contribution in [2.24, 2.45) is 0 Å². The van der Waals surface area contributed by atoms with Crippen LogP contribution in [0.5, 0.6) is 5.75 Å². The van der Waals surface area contributed by atoms with Crippen LogP contribution in [0.3, 0.4) is 0 Å². The molecular formula is C32H34N2O4. The Hall–Kier alpha value is -4.11. The molecule has 0 aromatic heterocycles. The molecule has 3 aromatic rings. The molecule has 0 unspecified atom stereocenters. The Bertz CT molecular complexity index is 1330. The molecule has 6 nitrogen and oxygen atoms in total. The average molecular weight is 511 g/mol. The highest BCUT2D eigenvalue weighted by Crippen LogP contribution is 2.43. The molecule has 1 amide bonds. The maximum absolute atomic E-state index is 13.3. The van der Waals surface area contributed by atoms with Gasteiger partial charge in [0, 0.05) is 23.9 Å². The molecular weight excluding hydrogens is 476 g/mol. The molecule has 1 aliphatic carbocycles. The Kier molecular flexibility index (Phi) is 8.81. The fraction of sp³-hybridized carbons (Fsp3) is 0.344. The normalized spacial score (nSPS) is 15.8. The standard InChI is InChI=1S/C32H34N2O4/c1-3-37-31(36)11-7-10-26-13-12-24(21-33)18-29(26)34-30(35)20-32(2)17-16-25-14-15-27(19-28(25)32)38-22-23-8-5-4-6-9-23/h4-6,8-9,12-15,18-19H,3,7,10-11,16-17,20,22H2,1-2H3,(H,34,35)/t32-/m1/s1. The van der Waals surface area contributed by atoms with E-state index in [0.29, 0.717) is 50.1 Å².